The Bertz CT molecular complexity index is 868. The number of anilines is 1. The van der Waals surface area contributed by atoms with Crippen molar-refractivity contribution in [2.45, 2.75) is 12.0 Å². The Hall–Kier alpha value is -3.10. The van der Waals surface area contributed by atoms with E-state index >= 15 is 0 Å². The lowest BCUT2D eigenvalue weighted by Crippen LogP contribution is -2.42. The number of fused-ring (bicyclic) bond motifs is 1. The predicted molar refractivity (Wildman–Crippen MR) is 88.6 cm³/mol. The summed E-state index contributed by atoms with van der Waals surface area (Å²) >= 11 is 0. The number of hydrogen-bond acceptors (Lipinski definition) is 4. The summed E-state index contributed by atoms with van der Waals surface area (Å²) < 4.78 is 0. The van der Waals surface area contributed by atoms with Crippen molar-refractivity contribution in [3.8, 4) is 18.1 Å². The zero-order valence-electron chi connectivity index (χ0n) is 12.8. The van der Waals surface area contributed by atoms with Gasteiger partial charge in [-0.05, 0) is 18.2 Å². The highest BCUT2D eigenvalue weighted by atomic mass is 16.3. The Morgan fingerprint density at radius 3 is 2.54 bits per heavy atom. The third-order valence-corrected chi connectivity index (χ3v) is 4.11. The van der Waals surface area contributed by atoms with Crippen molar-refractivity contribution < 1.29 is 19.8 Å². The van der Waals surface area contributed by atoms with Crippen LogP contribution in [0.5, 0.6) is 5.75 Å². The first kappa shape index (κ1) is 15.8. The van der Waals surface area contributed by atoms with E-state index in [4.69, 9.17) is 6.42 Å². The van der Waals surface area contributed by atoms with E-state index in [2.05, 4.69) is 5.92 Å². The first-order valence-corrected chi connectivity index (χ1v) is 7.37. The number of benzene rings is 2. The van der Waals surface area contributed by atoms with Gasteiger partial charge in [0, 0.05) is 5.56 Å². The van der Waals surface area contributed by atoms with Gasteiger partial charge >= 0.3 is 0 Å². The summed E-state index contributed by atoms with van der Waals surface area (Å²) in [6.45, 7) is 0.00291. The molecule has 2 aromatic carbocycles. The molecule has 0 fully saturated rings. The normalized spacial score (nSPS) is 19.0. The van der Waals surface area contributed by atoms with Crippen LogP contribution in [-0.4, -0.2) is 28.4 Å². The lowest BCUT2D eigenvalue weighted by molar-refractivity contribution is -0.135. The average molecular weight is 321 g/mol. The van der Waals surface area contributed by atoms with Crippen molar-refractivity contribution >= 4 is 17.4 Å². The number of nitrogens with zero attached hydrogens (tertiary/aromatic N) is 1. The van der Waals surface area contributed by atoms with Crippen LogP contribution in [0.15, 0.2) is 48.5 Å². The molecule has 0 spiro atoms. The molecule has 0 aliphatic carbocycles. The Morgan fingerprint density at radius 2 is 1.83 bits per heavy atom. The van der Waals surface area contributed by atoms with Gasteiger partial charge in [-0.3, -0.25) is 14.5 Å². The van der Waals surface area contributed by atoms with Crippen molar-refractivity contribution in [1.82, 2.24) is 0 Å². The third kappa shape index (κ3) is 2.34. The van der Waals surface area contributed by atoms with Gasteiger partial charge in [-0.2, -0.15) is 0 Å². The van der Waals surface area contributed by atoms with Crippen LogP contribution in [0.3, 0.4) is 0 Å². The van der Waals surface area contributed by atoms with E-state index in [1.807, 2.05) is 0 Å². The number of phenolic OH excluding ortho intramolecular Hbond substituents is 1. The van der Waals surface area contributed by atoms with Gasteiger partial charge in [0.2, 0.25) is 0 Å². The lowest BCUT2D eigenvalue weighted by Gasteiger charge is -2.22. The van der Waals surface area contributed by atoms with Gasteiger partial charge in [0.1, 0.15) is 5.75 Å². The number of carbonyl (C=O) groups is 2. The van der Waals surface area contributed by atoms with Crippen LogP contribution in [0.4, 0.5) is 5.69 Å². The molecular formula is C19H15NO4. The number of terminal acetylenes is 1. The number of hydrogen-bond donors (Lipinski definition) is 2. The molecule has 0 saturated carbocycles. The molecule has 120 valence electrons. The van der Waals surface area contributed by atoms with Gasteiger partial charge in [-0.25, -0.2) is 0 Å². The van der Waals surface area contributed by atoms with E-state index in [0.717, 1.165) is 0 Å². The maximum atomic E-state index is 12.7. The summed E-state index contributed by atoms with van der Waals surface area (Å²) in [6.07, 6.45) is 4.83. The summed E-state index contributed by atoms with van der Waals surface area (Å²) in [7, 11) is 0. The van der Waals surface area contributed by atoms with E-state index in [-0.39, 0.29) is 17.9 Å². The van der Waals surface area contributed by atoms with Crippen LogP contribution < -0.4 is 4.90 Å². The Balaban J connectivity index is 2.01. The SMILES string of the molecule is C#CCN1C(=O)[C@](O)(CC(=O)c2ccccc2O)c2ccccc21. The highest BCUT2D eigenvalue weighted by molar-refractivity contribution is 6.11. The number of rotatable bonds is 4. The largest absolute Gasteiger partial charge is 0.507 e. The Kier molecular flexibility index (Phi) is 3.84. The zero-order valence-corrected chi connectivity index (χ0v) is 12.8. The second kappa shape index (κ2) is 5.84. The minimum absolute atomic E-state index is 0.00291. The number of Topliss-reactive ketones (excluding diaryl/α,β-unsaturated/α-hetero) is 1. The summed E-state index contributed by atoms with van der Waals surface area (Å²) in [5.41, 5.74) is -1.10. The first-order chi connectivity index (χ1) is 11.5. The molecule has 0 bridgehead atoms. The lowest BCUT2D eigenvalue weighted by atomic mass is 9.88. The smallest absolute Gasteiger partial charge is 0.265 e. The molecule has 0 saturated heterocycles. The number of amides is 1. The summed E-state index contributed by atoms with van der Waals surface area (Å²) in [4.78, 5) is 26.5. The molecule has 0 radical (unpaired) electrons. The van der Waals surface area contributed by atoms with Gasteiger partial charge < -0.3 is 10.2 Å². The van der Waals surface area contributed by atoms with Crippen LogP contribution in [0.2, 0.25) is 0 Å². The Morgan fingerprint density at radius 1 is 1.17 bits per heavy atom. The van der Waals surface area contributed by atoms with Crippen molar-refractivity contribution in [2.75, 3.05) is 11.4 Å². The minimum Gasteiger partial charge on any atom is -0.507 e. The van der Waals surface area contributed by atoms with Crippen molar-refractivity contribution in [1.29, 1.82) is 0 Å². The van der Waals surface area contributed by atoms with Crippen LogP contribution in [-0.2, 0) is 10.4 Å². The fraction of sp³-hybridized carbons (Fsp3) is 0.158. The van der Waals surface area contributed by atoms with Gasteiger partial charge in [0.25, 0.3) is 5.91 Å². The molecule has 2 aromatic rings. The number of carbonyl (C=O) groups excluding carboxylic acids is 2. The molecule has 2 N–H and O–H groups in total. The molecule has 1 amide bonds. The summed E-state index contributed by atoms with van der Waals surface area (Å²) in [6, 6.07) is 12.7. The van der Waals surface area contributed by atoms with Crippen molar-refractivity contribution in [2.24, 2.45) is 0 Å². The minimum atomic E-state index is -1.99. The maximum absolute atomic E-state index is 12.7. The topological polar surface area (TPSA) is 77.8 Å². The predicted octanol–water partition coefficient (Wildman–Crippen LogP) is 1.83. The van der Waals surface area contributed by atoms with Crippen LogP contribution in [0.1, 0.15) is 22.3 Å². The molecule has 1 atom stereocenters. The van der Waals surface area contributed by atoms with Gasteiger partial charge in [0.15, 0.2) is 11.4 Å². The van der Waals surface area contributed by atoms with Gasteiger partial charge in [-0.15, -0.1) is 6.42 Å². The fourth-order valence-corrected chi connectivity index (χ4v) is 2.96. The molecule has 3 rings (SSSR count). The number of phenols is 1. The molecule has 5 heteroatoms. The van der Waals surface area contributed by atoms with Crippen LogP contribution in [0, 0.1) is 12.3 Å². The quantitative estimate of drug-likeness (QED) is 0.665. The molecule has 1 aliphatic heterocycles. The monoisotopic (exact) mass is 321 g/mol. The van der Waals surface area contributed by atoms with Crippen LogP contribution >= 0.6 is 0 Å². The number of aromatic hydroxyl groups is 1. The van der Waals surface area contributed by atoms with Crippen LogP contribution in [0.25, 0.3) is 0 Å². The van der Waals surface area contributed by atoms with Gasteiger partial charge in [0.05, 0.1) is 24.2 Å². The zero-order chi connectivity index (χ0) is 17.3. The molecule has 5 nitrogen and oxygen atoms in total. The average Bonchev–Trinajstić information content (AvgIpc) is 2.78. The van der Waals surface area contributed by atoms with Crippen molar-refractivity contribution in [3.63, 3.8) is 0 Å². The number of para-hydroxylation sites is 2. The number of ketones is 1. The fourth-order valence-electron chi connectivity index (χ4n) is 2.96. The number of aliphatic hydroxyl groups is 1. The summed E-state index contributed by atoms with van der Waals surface area (Å²) in [5.74, 6) is 1.03. The standard InChI is InChI=1S/C19H15NO4/c1-2-11-20-15-9-5-4-8-14(15)19(24,18(20)23)12-17(22)13-7-3-6-10-16(13)21/h1,3-10,21,24H,11-12H2/t19-/m0/s1. The highest BCUT2D eigenvalue weighted by Crippen LogP contribution is 2.42. The van der Waals surface area contributed by atoms with E-state index in [1.165, 1.54) is 17.0 Å². The van der Waals surface area contributed by atoms with E-state index < -0.39 is 23.7 Å². The molecule has 0 aromatic heterocycles. The Labute approximate surface area is 139 Å². The molecule has 1 aliphatic rings. The summed E-state index contributed by atoms with van der Waals surface area (Å²) in [5, 5.41) is 20.8. The molecule has 1 heterocycles. The second-order valence-electron chi connectivity index (χ2n) is 5.59. The second-order valence-corrected chi connectivity index (χ2v) is 5.59. The van der Waals surface area contributed by atoms with E-state index in [0.29, 0.717) is 11.3 Å². The molecule has 24 heavy (non-hydrogen) atoms. The van der Waals surface area contributed by atoms with Crippen molar-refractivity contribution in [3.05, 3.63) is 59.7 Å². The highest BCUT2D eigenvalue weighted by Gasteiger charge is 2.50. The van der Waals surface area contributed by atoms with E-state index in [1.54, 1.807) is 36.4 Å². The maximum Gasteiger partial charge on any atom is 0.265 e. The van der Waals surface area contributed by atoms with Gasteiger partial charge in [-0.1, -0.05) is 36.3 Å². The first-order valence-electron chi connectivity index (χ1n) is 7.37. The molecule has 0 unspecified atom stereocenters. The van der Waals surface area contributed by atoms with E-state index in [9.17, 15) is 19.8 Å². The molecular weight excluding hydrogens is 306 g/mol. The third-order valence-electron chi connectivity index (χ3n) is 4.11.